The summed E-state index contributed by atoms with van der Waals surface area (Å²) in [7, 11) is -2.72. The summed E-state index contributed by atoms with van der Waals surface area (Å²) in [5, 5.41) is 5.79. The Hall–Kier alpha value is -5.16. The van der Waals surface area contributed by atoms with Crippen molar-refractivity contribution in [3.05, 3.63) is 175 Å². The molecule has 7 rings (SSSR count). The van der Waals surface area contributed by atoms with Gasteiger partial charge in [-0.1, -0.05) is 169 Å². The lowest BCUT2D eigenvalue weighted by atomic mass is 10.1. The van der Waals surface area contributed by atoms with Gasteiger partial charge in [0.15, 0.2) is 25.5 Å². The van der Waals surface area contributed by atoms with E-state index in [-0.39, 0.29) is 0 Å². The fraction of sp³-hybridized carbons (Fsp3) is 0. The lowest BCUT2D eigenvalue weighted by Gasteiger charge is -2.34. The maximum absolute atomic E-state index is 6.65. The molecule has 5 heteroatoms. The van der Waals surface area contributed by atoms with Gasteiger partial charge >= 0.3 is 0 Å². The van der Waals surface area contributed by atoms with Crippen LogP contribution in [0.4, 0.5) is 0 Å². The first-order valence-corrected chi connectivity index (χ1v) is 16.9. The molecule has 0 aliphatic heterocycles. The van der Waals surface area contributed by atoms with Crippen LogP contribution in [-0.2, 0) is 0 Å². The smallest absolute Gasteiger partial charge is 0.179 e. The van der Waals surface area contributed by atoms with Gasteiger partial charge in [0, 0.05) is 21.7 Å². The Morgan fingerprint density at radius 1 is 0.341 bits per heavy atom. The molecule has 0 bridgehead atoms. The highest BCUT2D eigenvalue weighted by molar-refractivity contribution is 7.19. The first-order valence-electron chi connectivity index (χ1n) is 14.6. The van der Waals surface area contributed by atoms with Crippen molar-refractivity contribution in [3.63, 3.8) is 0 Å². The molecule has 0 spiro atoms. The molecule has 3 nitrogen and oxygen atoms in total. The third-order valence-corrected chi connectivity index (χ3v) is 13.0. The molecule has 1 aromatic heterocycles. The molecule has 7 aromatic rings. The minimum absolute atomic E-state index is 0.638. The number of halogens is 1. The largest absolute Gasteiger partial charge is 0.208 e. The predicted octanol–water partition coefficient (Wildman–Crippen LogP) is 6.90. The van der Waals surface area contributed by atoms with Crippen LogP contribution in [0, 0.1) is 0 Å². The number of hydrogen-bond donors (Lipinski definition) is 0. The summed E-state index contributed by atoms with van der Waals surface area (Å²) in [6, 6.07) is 58.9. The summed E-state index contributed by atoms with van der Waals surface area (Å²) in [6.07, 6.45) is 0. The molecule has 0 radical (unpaired) electrons. The van der Waals surface area contributed by atoms with Crippen LogP contribution in [0.1, 0.15) is 0 Å². The first-order chi connectivity index (χ1) is 21.7. The highest BCUT2D eigenvalue weighted by Crippen LogP contribution is 2.24. The maximum atomic E-state index is 6.65. The maximum Gasteiger partial charge on any atom is 0.179 e. The van der Waals surface area contributed by atoms with Crippen LogP contribution in [0.5, 0.6) is 0 Å². The van der Waals surface area contributed by atoms with Crippen molar-refractivity contribution in [1.82, 2.24) is 15.0 Å². The standard InChI is InChI=1S/C39H28ClN3Si/c40-32-18-13-23-36(28-32)44(33-19-9-3-10-20-33,34-21-11-4-12-22-34)35-26-24-31(25-27-35)39-42-37(29-14-5-1-6-15-29)41-38(43-39)30-16-7-2-8-17-30/h1-28H. The van der Waals surface area contributed by atoms with Crippen molar-refractivity contribution in [2.24, 2.45) is 0 Å². The van der Waals surface area contributed by atoms with Crippen LogP contribution in [0.25, 0.3) is 34.2 Å². The van der Waals surface area contributed by atoms with E-state index in [0.717, 1.165) is 21.7 Å². The molecular weight excluding hydrogens is 574 g/mol. The molecular formula is C39H28ClN3Si. The lowest BCUT2D eigenvalue weighted by Crippen LogP contribution is -2.74. The van der Waals surface area contributed by atoms with Gasteiger partial charge in [0.25, 0.3) is 0 Å². The van der Waals surface area contributed by atoms with Crippen LogP contribution in [0.15, 0.2) is 170 Å². The molecule has 1 heterocycles. The second kappa shape index (κ2) is 12.2. The van der Waals surface area contributed by atoms with Crippen molar-refractivity contribution in [2.45, 2.75) is 0 Å². The zero-order chi connectivity index (χ0) is 29.8. The lowest BCUT2D eigenvalue weighted by molar-refractivity contribution is 1.07. The molecule has 0 fully saturated rings. The second-order valence-electron chi connectivity index (χ2n) is 10.6. The monoisotopic (exact) mass is 601 g/mol. The highest BCUT2D eigenvalue weighted by atomic mass is 35.5. The van der Waals surface area contributed by atoms with E-state index in [1.807, 2.05) is 66.7 Å². The number of nitrogens with zero attached hydrogens (tertiary/aromatic N) is 3. The third-order valence-electron chi connectivity index (χ3n) is 7.95. The number of hydrogen-bond acceptors (Lipinski definition) is 3. The summed E-state index contributed by atoms with van der Waals surface area (Å²) in [5.41, 5.74) is 2.83. The van der Waals surface area contributed by atoms with E-state index >= 15 is 0 Å². The summed E-state index contributed by atoms with van der Waals surface area (Å²) in [4.78, 5) is 14.8. The van der Waals surface area contributed by atoms with E-state index in [1.165, 1.54) is 20.7 Å². The topological polar surface area (TPSA) is 38.7 Å². The minimum atomic E-state index is -2.72. The van der Waals surface area contributed by atoms with E-state index in [9.17, 15) is 0 Å². The van der Waals surface area contributed by atoms with E-state index < -0.39 is 8.07 Å². The van der Waals surface area contributed by atoms with Gasteiger partial charge in [0.05, 0.1) is 0 Å². The highest BCUT2D eigenvalue weighted by Gasteiger charge is 2.41. The van der Waals surface area contributed by atoms with Gasteiger partial charge in [0.1, 0.15) is 0 Å². The fourth-order valence-electron chi connectivity index (χ4n) is 5.91. The summed E-state index contributed by atoms with van der Waals surface area (Å²) in [6.45, 7) is 0. The molecule has 0 aliphatic carbocycles. The number of benzene rings is 6. The predicted molar refractivity (Wildman–Crippen MR) is 185 cm³/mol. The Kier molecular flexibility index (Phi) is 7.68. The van der Waals surface area contributed by atoms with Crippen LogP contribution in [0.3, 0.4) is 0 Å². The van der Waals surface area contributed by atoms with Crippen molar-refractivity contribution >= 4 is 40.4 Å². The van der Waals surface area contributed by atoms with E-state index in [4.69, 9.17) is 26.6 Å². The van der Waals surface area contributed by atoms with Crippen LogP contribution in [0.2, 0.25) is 5.02 Å². The van der Waals surface area contributed by atoms with Crippen LogP contribution in [-0.4, -0.2) is 23.0 Å². The molecule has 210 valence electrons. The molecule has 6 aromatic carbocycles. The normalized spacial score (nSPS) is 11.3. The Balaban J connectivity index is 1.42. The van der Waals surface area contributed by atoms with Crippen molar-refractivity contribution in [3.8, 4) is 34.2 Å². The molecule has 0 unspecified atom stereocenters. The Morgan fingerprint density at radius 3 is 1.14 bits per heavy atom. The molecule has 44 heavy (non-hydrogen) atoms. The SMILES string of the molecule is Clc1cccc([Si](c2ccccc2)(c2ccccc2)c2ccc(-c3nc(-c4ccccc4)nc(-c4ccccc4)n3)cc2)c1. The molecule has 0 atom stereocenters. The summed E-state index contributed by atoms with van der Waals surface area (Å²) in [5.74, 6) is 1.93. The van der Waals surface area contributed by atoms with Crippen molar-refractivity contribution < 1.29 is 0 Å². The van der Waals surface area contributed by atoms with Gasteiger partial charge in [-0.3, -0.25) is 0 Å². The van der Waals surface area contributed by atoms with Crippen molar-refractivity contribution in [2.75, 3.05) is 0 Å². The van der Waals surface area contributed by atoms with Gasteiger partial charge < -0.3 is 0 Å². The Morgan fingerprint density at radius 2 is 0.705 bits per heavy atom. The fourth-order valence-corrected chi connectivity index (χ4v) is 11.0. The van der Waals surface area contributed by atoms with E-state index in [0.29, 0.717) is 17.5 Å². The van der Waals surface area contributed by atoms with Crippen LogP contribution < -0.4 is 20.7 Å². The van der Waals surface area contributed by atoms with Gasteiger partial charge in [-0.15, -0.1) is 0 Å². The molecule has 0 aliphatic rings. The summed E-state index contributed by atoms with van der Waals surface area (Å²) >= 11 is 6.65. The zero-order valence-electron chi connectivity index (χ0n) is 23.9. The molecule has 0 N–H and O–H groups in total. The van der Waals surface area contributed by atoms with Gasteiger partial charge in [-0.05, 0) is 32.9 Å². The quantitative estimate of drug-likeness (QED) is 0.147. The summed E-state index contributed by atoms with van der Waals surface area (Å²) < 4.78 is 0. The third kappa shape index (κ3) is 5.26. The number of rotatable bonds is 7. The van der Waals surface area contributed by atoms with Gasteiger partial charge in [-0.2, -0.15) is 0 Å². The van der Waals surface area contributed by atoms with Crippen molar-refractivity contribution in [1.29, 1.82) is 0 Å². The minimum Gasteiger partial charge on any atom is -0.208 e. The van der Waals surface area contributed by atoms with Crippen LogP contribution >= 0.6 is 11.6 Å². The molecule has 0 saturated carbocycles. The second-order valence-corrected chi connectivity index (χ2v) is 14.9. The first kappa shape index (κ1) is 27.7. The Labute approximate surface area is 263 Å². The Bertz CT molecular complexity index is 1900. The van der Waals surface area contributed by atoms with E-state index in [2.05, 4.69) is 103 Å². The van der Waals surface area contributed by atoms with Gasteiger partial charge in [-0.25, -0.2) is 15.0 Å². The van der Waals surface area contributed by atoms with E-state index in [1.54, 1.807) is 0 Å². The molecule has 0 saturated heterocycles. The zero-order valence-corrected chi connectivity index (χ0v) is 25.6. The number of aromatic nitrogens is 3. The average Bonchev–Trinajstić information content (AvgIpc) is 3.10. The van der Waals surface area contributed by atoms with Gasteiger partial charge in [0.2, 0.25) is 0 Å². The molecule has 0 amide bonds. The average molecular weight is 602 g/mol.